The molecule has 0 unspecified atom stereocenters. The molecule has 0 spiro atoms. The van der Waals surface area contributed by atoms with Gasteiger partial charge in [-0.3, -0.25) is 0 Å². The van der Waals surface area contributed by atoms with E-state index in [0.717, 1.165) is 0 Å². The molecule has 0 aliphatic heterocycles. The predicted molar refractivity (Wildman–Crippen MR) is 10.8 cm³/mol. The minimum absolute atomic E-state index is 0. The fourth-order valence-electron chi connectivity index (χ4n) is 0. The van der Waals surface area contributed by atoms with Crippen molar-refractivity contribution in [2.45, 2.75) is 0 Å². The number of rotatable bonds is 0. The van der Waals surface area contributed by atoms with E-state index in [2.05, 4.69) is 0 Å². The molecule has 0 aromatic heterocycles. The fraction of sp³-hybridized carbons (Fsp3) is 0. The standard InChI is InChI=1S/3FH.Fe.3H2O/h3*1H;;3*1H2/p-3. The van der Waals surface area contributed by atoms with Gasteiger partial charge in [0.15, 0.2) is 0 Å². The molecule has 0 atom stereocenters. The van der Waals surface area contributed by atoms with Crippen LogP contribution in [0.5, 0.6) is 0 Å². The first-order valence-corrected chi connectivity index (χ1v) is 0. The minimum Gasteiger partial charge on any atom is -1.00 e. The van der Waals surface area contributed by atoms with Gasteiger partial charge in [-0.05, 0) is 0 Å². The largest absolute Gasteiger partial charge is 1.00 e. The molecule has 0 fully saturated rings. The second kappa shape index (κ2) is 4640. The molecule has 0 aliphatic rings. The van der Waals surface area contributed by atoms with Gasteiger partial charge < -0.3 is 30.5 Å². The van der Waals surface area contributed by atoms with Crippen molar-refractivity contribution >= 4 is 0 Å². The van der Waals surface area contributed by atoms with Crippen LogP contribution in [0.3, 0.4) is 0 Å². The first-order chi connectivity index (χ1) is 0. The van der Waals surface area contributed by atoms with Crippen molar-refractivity contribution in [2.75, 3.05) is 0 Å². The van der Waals surface area contributed by atoms with Gasteiger partial charge in [0.05, 0.1) is 0 Å². The molecule has 3 nitrogen and oxygen atoms in total. The van der Waals surface area contributed by atoms with Crippen molar-refractivity contribution in [3.8, 4) is 0 Å². The molecule has 0 radical (unpaired) electrons. The van der Waals surface area contributed by atoms with Crippen LogP contribution in [-0.2, 0) is 17.1 Å². The summed E-state index contributed by atoms with van der Waals surface area (Å²) in [5.74, 6) is 0. The van der Waals surface area contributed by atoms with Crippen molar-refractivity contribution in [3.63, 3.8) is 0 Å². The molecule has 0 heterocycles. The predicted octanol–water partition coefficient (Wildman–Crippen LogP) is -11.5. The summed E-state index contributed by atoms with van der Waals surface area (Å²) < 4.78 is 0. The Balaban J connectivity index is 0. The van der Waals surface area contributed by atoms with Crippen LogP contribution in [0.1, 0.15) is 0 Å². The minimum atomic E-state index is 0. The molecule has 0 saturated carbocycles. The van der Waals surface area contributed by atoms with Gasteiger partial charge in [-0.1, -0.05) is 0 Å². The Morgan fingerprint density at radius 1 is 0.429 bits per heavy atom. The maximum Gasteiger partial charge on any atom is 0 e. The van der Waals surface area contributed by atoms with Gasteiger partial charge in [0.25, 0.3) is 0 Å². The zero-order valence-electron chi connectivity index (χ0n) is 2.99. The monoisotopic (exact) mass is 167 g/mol. The summed E-state index contributed by atoms with van der Waals surface area (Å²) in [6, 6.07) is 0. The molecule has 56 valence electrons. The van der Waals surface area contributed by atoms with Gasteiger partial charge in [-0.15, -0.1) is 0 Å². The Bertz CT molecular complexity index is 10.1. The van der Waals surface area contributed by atoms with Gasteiger partial charge in [-0.2, -0.15) is 0 Å². The van der Waals surface area contributed by atoms with Crippen molar-refractivity contribution in [1.82, 2.24) is 0 Å². The molecule has 0 rings (SSSR count). The zero-order chi connectivity index (χ0) is 0. The topological polar surface area (TPSA) is 94.5 Å². The molecule has 0 saturated heterocycles. The first kappa shape index (κ1) is 7670. The van der Waals surface area contributed by atoms with E-state index in [4.69, 9.17) is 0 Å². The normalized spacial score (nSPS) is 0. The van der Waals surface area contributed by atoms with Crippen molar-refractivity contribution in [1.29, 1.82) is 0 Å². The summed E-state index contributed by atoms with van der Waals surface area (Å²) in [6.07, 6.45) is 0. The van der Waals surface area contributed by atoms with Crippen LogP contribution in [0.15, 0.2) is 0 Å². The SMILES string of the molecule is O.O.O.[F-].[F-].[F-].[Fe]. The van der Waals surface area contributed by atoms with E-state index in [1.165, 1.54) is 0 Å². The summed E-state index contributed by atoms with van der Waals surface area (Å²) in [4.78, 5) is 0. The average molecular weight is 167 g/mol. The van der Waals surface area contributed by atoms with E-state index in [1.54, 1.807) is 0 Å². The summed E-state index contributed by atoms with van der Waals surface area (Å²) in [5.41, 5.74) is 0. The summed E-state index contributed by atoms with van der Waals surface area (Å²) in [7, 11) is 0. The smallest absolute Gasteiger partial charge is 0 e. The van der Waals surface area contributed by atoms with Crippen LogP contribution in [0.4, 0.5) is 0 Å². The van der Waals surface area contributed by atoms with Gasteiger partial charge in [-0.25, -0.2) is 0 Å². The third-order valence-electron chi connectivity index (χ3n) is 0. The van der Waals surface area contributed by atoms with Crippen LogP contribution in [0.2, 0.25) is 0 Å². The fourth-order valence-corrected chi connectivity index (χ4v) is 0. The third-order valence-corrected chi connectivity index (χ3v) is 0. The van der Waals surface area contributed by atoms with Crippen molar-refractivity contribution < 1.29 is 47.6 Å². The van der Waals surface area contributed by atoms with Gasteiger partial charge >= 0.3 is 0 Å². The molecule has 0 aromatic rings. The Morgan fingerprint density at radius 2 is 0.429 bits per heavy atom. The Hall–Kier alpha value is 0.189. The van der Waals surface area contributed by atoms with E-state index in [1.807, 2.05) is 0 Å². The summed E-state index contributed by atoms with van der Waals surface area (Å²) in [5, 5.41) is 0. The van der Waals surface area contributed by atoms with Crippen LogP contribution in [0, 0.1) is 0 Å². The molecule has 0 aliphatic carbocycles. The van der Waals surface area contributed by atoms with Crippen molar-refractivity contribution in [3.05, 3.63) is 0 Å². The first-order valence-electron chi connectivity index (χ1n) is 0. The van der Waals surface area contributed by atoms with E-state index >= 15 is 0 Å². The van der Waals surface area contributed by atoms with Crippen molar-refractivity contribution in [2.24, 2.45) is 0 Å². The maximum absolute atomic E-state index is 0. The van der Waals surface area contributed by atoms with E-state index in [-0.39, 0.29) is 47.6 Å². The van der Waals surface area contributed by atoms with Crippen LogP contribution >= 0.6 is 0 Å². The maximum atomic E-state index is 0. The van der Waals surface area contributed by atoms with Crippen LogP contribution < -0.4 is 14.1 Å². The molecule has 7 heteroatoms. The molecular weight excluding hydrogens is 161 g/mol. The molecule has 6 N–H and O–H groups in total. The summed E-state index contributed by atoms with van der Waals surface area (Å²) >= 11 is 0. The van der Waals surface area contributed by atoms with E-state index in [0.29, 0.717) is 0 Å². The third kappa shape index (κ3) is 3030. The van der Waals surface area contributed by atoms with Crippen LogP contribution in [-0.4, -0.2) is 16.4 Å². The van der Waals surface area contributed by atoms with Gasteiger partial charge in [0.1, 0.15) is 0 Å². The Labute approximate surface area is 48.6 Å². The average Bonchev–Trinajstić information content (AvgIpc) is 0. The van der Waals surface area contributed by atoms with Gasteiger partial charge in [0.2, 0.25) is 0 Å². The molecule has 0 aromatic carbocycles. The number of hydrogen-bond acceptors (Lipinski definition) is 0. The number of halogens is 3. The molecule has 0 bridgehead atoms. The van der Waals surface area contributed by atoms with Gasteiger partial charge in [0, 0.05) is 17.1 Å². The Morgan fingerprint density at radius 3 is 0.429 bits per heavy atom. The Kier molecular flexibility index (Phi) is 5090000. The van der Waals surface area contributed by atoms with E-state index < -0.39 is 0 Å². The second-order valence-electron chi connectivity index (χ2n) is 0. The number of hydrogen-bond donors (Lipinski definition) is 0. The summed E-state index contributed by atoms with van der Waals surface area (Å²) in [6.45, 7) is 0. The molecular formula is H6F3FeO3-3. The quantitative estimate of drug-likeness (QED) is 0.320. The molecule has 0 amide bonds. The molecule has 7 heavy (non-hydrogen) atoms. The zero-order valence-corrected chi connectivity index (χ0v) is 4.09. The van der Waals surface area contributed by atoms with E-state index in [9.17, 15) is 0 Å². The van der Waals surface area contributed by atoms with Crippen LogP contribution in [0.25, 0.3) is 0 Å². The second-order valence-corrected chi connectivity index (χ2v) is 0.